The van der Waals surface area contributed by atoms with E-state index in [1.54, 1.807) is 0 Å². The standard InChI is InChI=1S/C12H17FN2O3/c1-17-7-5-15-12(16)9-2-3-11(10(13)8-9)18-6-4-14/h2-3,8H,4-7,14H2,1H3,(H,15,16). The minimum Gasteiger partial charge on any atom is -0.489 e. The van der Waals surface area contributed by atoms with Crippen LogP contribution in [0.3, 0.4) is 0 Å². The van der Waals surface area contributed by atoms with Crippen LogP contribution in [0.1, 0.15) is 10.4 Å². The van der Waals surface area contributed by atoms with Crippen LogP contribution in [0, 0.1) is 5.82 Å². The van der Waals surface area contributed by atoms with E-state index in [1.807, 2.05) is 0 Å². The van der Waals surface area contributed by atoms with E-state index in [4.69, 9.17) is 15.2 Å². The predicted molar refractivity (Wildman–Crippen MR) is 65.2 cm³/mol. The molecule has 1 amide bonds. The van der Waals surface area contributed by atoms with Crippen molar-refractivity contribution in [3.63, 3.8) is 0 Å². The van der Waals surface area contributed by atoms with Gasteiger partial charge in [-0.05, 0) is 18.2 Å². The first-order chi connectivity index (χ1) is 8.69. The summed E-state index contributed by atoms with van der Waals surface area (Å²) < 4.78 is 23.4. The van der Waals surface area contributed by atoms with Crippen molar-refractivity contribution >= 4 is 5.91 Å². The molecule has 0 aliphatic carbocycles. The number of amides is 1. The summed E-state index contributed by atoms with van der Waals surface area (Å²) in [6.07, 6.45) is 0. The zero-order valence-electron chi connectivity index (χ0n) is 10.2. The zero-order valence-corrected chi connectivity index (χ0v) is 10.2. The second-order valence-corrected chi connectivity index (χ2v) is 3.53. The first kappa shape index (κ1) is 14.4. The van der Waals surface area contributed by atoms with Gasteiger partial charge in [-0.3, -0.25) is 4.79 Å². The van der Waals surface area contributed by atoms with Gasteiger partial charge < -0.3 is 20.5 Å². The molecule has 0 heterocycles. The number of methoxy groups -OCH3 is 1. The van der Waals surface area contributed by atoms with Crippen molar-refractivity contribution in [2.45, 2.75) is 0 Å². The van der Waals surface area contributed by atoms with Gasteiger partial charge >= 0.3 is 0 Å². The van der Waals surface area contributed by atoms with Gasteiger partial charge in [-0.15, -0.1) is 0 Å². The zero-order chi connectivity index (χ0) is 13.4. The van der Waals surface area contributed by atoms with Crippen LogP contribution in [0.4, 0.5) is 4.39 Å². The quantitative estimate of drug-likeness (QED) is 0.698. The Kier molecular flexibility index (Phi) is 6.10. The molecule has 0 unspecified atom stereocenters. The van der Waals surface area contributed by atoms with Crippen molar-refractivity contribution < 1.29 is 18.7 Å². The van der Waals surface area contributed by atoms with E-state index < -0.39 is 5.82 Å². The molecule has 0 saturated carbocycles. The summed E-state index contributed by atoms with van der Waals surface area (Å²) in [6, 6.07) is 4.04. The SMILES string of the molecule is COCCNC(=O)c1ccc(OCCN)c(F)c1. The summed E-state index contributed by atoms with van der Waals surface area (Å²) in [7, 11) is 1.54. The summed E-state index contributed by atoms with van der Waals surface area (Å²) in [5.41, 5.74) is 5.49. The topological polar surface area (TPSA) is 73.6 Å². The summed E-state index contributed by atoms with van der Waals surface area (Å²) in [5, 5.41) is 2.60. The smallest absolute Gasteiger partial charge is 0.251 e. The number of ether oxygens (including phenoxy) is 2. The summed E-state index contributed by atoms with van der Waals surface area (Å²) >= 11 is 0. The molecule has 6 heteroatoms. The molecule has 18 heavy (non-hydrogen) atoms. The maximum absolute atomic E-state index is 13.6. The van der Waals surface area contributed by atoms with Crippen LogP contribution in [0.5, 0.6) is 5.75 Å². The monoisotopic (exact) mass is 256 g/mol. The molecule has 5 nitrogen and oxygen atoms in total. The molecule has 0 atom stereocenters. The molecular weight excluding hydrogens is 239 g/mol. The second kappa shape index (κ2) is 7.62. The lowest BCUT2D eigenvalue weighted by Gasteiger charge is -2.08. The molecule has 0 bridgehead atoms. The minimum absolute atomic E-state index is 0.0916. The van der Waals surface area contributed by atoms with Crippen LogP contribution in [0.25, 0.3) is 0 Å². The third-order valence-electron chi connectivity index (χ3n) is 2.16. The van der Waals surface area contributed by atoms with E-state index >= 15 is 0 Å². The lowest BCUT2D eigenvalue weighted by atomic mass is 10.2. The third-order valence-corrected chi connectivity index (χ3v) is 2.16. The highest BCUT2D eigenvalue weighted by Crippen LogP contribution is 2.18. The Hall–Kier alpha value is -1.66. The predicted octanol–water partition coefficient (Wildman–Crippen LogP) is 0.539. The Balaban J connectivity index is 2.62. The van der Waals surface area contributed by atoms with Crippen molar-refractivity contribution in [2.24, 2.45) is 5.73 Å². The molecule has 0 aliphatic rings. The highest BCUT2D eigenvalue weighted by atomic mass is 19.1. The van der Waals surface area contributed by atoms with Crippen LogP contribution < -0.4 is 15.8 Å². The van der Waals surface area contributed by atoms with Crippen LogP contribution in [0.15, 0.2) is 18.2 Å². The number of hydrogen-bond acceptors (Lipinski definition) is 4. The average molecular weight is 256 g/mol. The normalized spacial score (nSPS) is 10.2. The molecule has 1 rings (SSSR count). The van der Waals surface area contributed by atoms with Gasteiger partial charge in [0.25, 0.3) is 5.91 Å². The van der Waals surface area contributed by atoms with Crippen molar-refractivity contribution in [1.29, 1.82) is 0 Å². The van der Waals surface area contributed by atoms with Crippen molar-refractivity contribution in [1.82, 2.24) is 5.32 Å². The third kappa shape index (κ3) is 4.31. The molecule has 0 aromatic heterocycles. The number of benzene rings is 1. The van der Waals surface area contributed by atoms with E-state index in [2.05, 4.69) is 5.32 Å². The van der Waals surface area contributed by atoms with E-state index in [1.165, 1.54) is 19.2 Å². The van der Waals surface area contributed by atoms with E-state index in [0.29, 0.717) is 19.7 Å². The molecule has 0 radical (unpaired) electrons. The van der Waals surface area contributed by atoms with Gasteiger partial charge in [0.15, 0.2) is 11.6 Å². The fraction of sp³-hybridized carbons (Fsp3) is 0.417. The van der Waals surface area contributed by atoms with Gasteiger partial charge in [0.1, 0.15) is 6.61 Å². The van der Waals surface area contributed by atoms with Gasteiger partial charge in [-0.2, -0.15) is 0 Å². The molecule has 0 aliphatic heterocycles. The Bertz CT molecular complexity index is 399. The van der Waals surface area contributed by atoms with Gasteiger partial charge in [-0.1, -0.05) is 0 Å². The summed E-state index contributed by atoms with van der Waals surface area (Å²) in [6.45, 7) is 1.32. The first-order valence-corrected chi connectivity index (χ1v) is 5.58. The van der Waals surface area contributed by atoms with Crippen LogP contribution in [-0.4, -0.2) is 39.3 Å². The molecule has 100 valence electrons. The van der Waals surface area contributed by atoms with E-state index in [0.717, 1.165) is 6.07 Å². The maximum atomic E-state index is 13.6. The van der Waals surface area contributed by atoms with E-state index in [9.17, 15) is 9.18 Å². The highest BCUT2D eigenvalue weighted by molar-refractivity contribution is 5.94. The van der Waals surface area contributed by atoms with Crippen molar-refractivity contribution in [3.05, 3.63) is 29.6 Å². The average Bonchev–Trinajstić information content (AvgIpc) is 2.37. The fourth-order valence-corrected chi connectivity index (χ4v) is 1.30. The van der Waals surface area contributed by atoms with Crippen LogP contribution in [-0.2, 0) is 4.74 Å². The van der Waals surface area contributed by atoms with E-state index in [-0.39, 0.29) is 23.8 Å². The second-order valence-electron chi connectivity index (χ2n) is 3.53. The fourth-order valence-electron chi connectivity index (χ4n) is 1.30. The van der Waals surface area contributed by atoms with Crippen LogP contribution in [0.2, 0.25) is 0 Å². The van der Waals surface area contributed by atoms with Gasteiger partial charge in [-0.25, -0.2) is 4.39 Å². The van der Waals surface area contributed by atoms with Gasteiger partial charge in [0, 0.05) is 25.8 Å². The van der Waals surface area contributed by atoms with Gasteiger partial charge in [0.05, 0.1) is 6.61 Å². The molecular formula is C12H17FN2O3. The lowest BCUT2D eigenvalue weighted by Crippen LogP contribution is -2.27. The number of carbonyl (C=O) groups is 1. The summed E-state index contributed by atoms with van der Waals surface area (Å²) in [4.78, 5) is 11.6. The largest absolute Gasteiger partial charge is 0.489 e. The van der Waals surface area contributed by atoms with Crippen LogP contribution >= 0.6 is 0 Å². The number of carbonyl (C=O) groups excluding carboxylic acids is 1. The molecule has 0 spiro atoms. The number of rotatable bonds is 7. The molecule has 0 fully saturated rings. The minimum atomic E-state index is -0.581. The number of halogens is 1. The molecule has 1 aromatic rings. The Morgan fingerprint density at radius 3 is 2.83 bits per heavy atom. The lowest BCUT2D eigenvalue weighted by molar-refractivity contribution is 0.0936. The molecule has 3 N–H and O–H groups in total. The Morgan fingerprint density at radius 1 is 1.44 bits per heavy atom. The number of hydrogen-bond donors (Lipinski definition) is 2. The first-order valence-electron chi connectivity index (χ1n) is 5.58. The maximum Gasteiger partial charge on any atom is 0.251 e. The van der Waals surface area contributed by atoms with Gasteiger partial charge in [0.2, 0.25) is 0 Å². The Labute approximate surface area is 105 Å². The van der Waals surface area contributed by atoms with Crippen molar-refractivity contribution in [3.8, 4) is 5.75 Å². The van der Waals surface area contributed by atoms with Crippen molar-refractivity contribution in [2.75, 3.05) is 33.4 Å². The highest BCUT2D eigenvalue weighted by Gasteiger charge is 2.09. The Morgan fingerprint density at radius 2 is 2.22 bits per heavy atom. The molecule has 0 saturated heterocycles. The summed E-state index contributed by atoms with van der Waals surface area (Å²) in [5.74, 6) is -0.840. The number of nitrogens with two attached hydrogens (primary N) is 1. The molecule has 1 aromatic carbocycles. The number of nitrogens with one attached hydrogen (secondary N) is 1.